The Morgan fingerprint density at radius 3 is 2.69 bits per heavy atom. The minimum Gasteiger partial charge on any atom is -0.497 e. The lowest BCUT2D eigenvalue weighted by molar-refractivity contribution is 0.101. The minimum atomic E-state index is -0.313. The molecule has 0 fully saturated rings. The molecule has 2 aromatic carbocycles. The van der Waals surface area contributed by atoms with Crippen LogP contribution in [0.3, 0.4) is 0 Å². The number of carbonyl (C=O) groups excluding carboxylic acids is 1. The molecule has 3 aromatic heterocycles. The summed E-state index contributed by atoms with van der Waals surface area (Å²) < 4.78 is 23.0. The molecule has 0 saturated heterocycles. The van der Waals surface area contributed by atoms with Crippen molar-refractivity contribution in [2.75, 3.05) is 19.5 Å². The Bertz CT molecular complexity index is 1500. The SMILES string of the molecule is COc1ccc(OC)c(-c2cc(C(=O)Nc3ccccc3Cc3nc(-c4ccco4)no3)n(C)n2)c1. The molecule has 1 amide bonds. The predicted octanol–water partition coefficient (Wildman–Crippen LogP) is 4.59. The van der Waals surface area contributed by atoms with Crippen molar-refractivity contribution in [2.24, 2.45) is 7.05 Å². The molecule has 36 heavy (non-hydrogen) atoms. The fourth-order valence-electron chi connectivity index (χ4n) is 3.80. The van der Waals surface area contributed by atoms with Gasteiger partial charge in [-0.3, -0.25) is 9.48 Å². The van der Waals surface area contributed by atoms with E-state index in [9.17, 15) is 4.79 Å². The third-order valence-corrected chi connectivity index (χ3v) is 5.61. The highest BCUT2D eigenvalue weighted by molar-refractivity contribution is 6.04. The summed E-state index contributed by atoms with van der Waals surface area (Å²) in [5, 5.41) is 11.5. The van der Waals surface area contributed by atoms with Crippen LogP contribution in [0.4, 0.5) is 5.69 Å². The van der Waals surface area contributed by atoms with Crippen LogP contribution in [0, 0.1) is 0 Å². The molecule has 5 rings (SSSR count). The van der Waals surface area contributed by atoms with Crippen LogP contribution in [0.15, 0.2) is 75.9 Å². The van der Waals surface area contributed by atoms with Crippen LogP contribution in [-0.4, -0.2) is 40.0 Å². The second-order valence-electron chi connectivity index (χ2n) is 7.88. The topological polar surface area (TPSA) is 117 Å². The molecule has 10 nitrogen and oxygen atoms in total. The van der Waals surface area contributed by atoms with Gasteiger partial charge in [-0.2, -0.15) is 10.1 Å². The van der Waals surface area contributed by atoms with Crippen LogP contribution in [0.25, 0.3) is 22.8 Å². The maximum absolute atomic E-state index is 13.2. The first-order valence-electron chi connectivity index (χ1n) is 11.1. The van der Waals surface area contributed by atoms with E-state index in [2.05, 4.69) is 20.6 Å². The highest BCUT2D eigenvalue weighted by Crippen LogP contribution is 2.33. The lowest BCUT2D eigenvalue weighted by Gasteiger charge is -2.09. The third-order valence-electron chi connectivity index (χ3n) is 5.61. The summed E-state index contributed by atoms with van der Waals surface area (Å²) in [5.74, 6) is 2.26. The van der Waals surface area contributed by atoms with Gasteiger partial charge in [-0.25, -0.2) is 0 Å². The Kier molecular flexibility index (Phi) is 6.23. The molecule has 0 spiro atoms. The molecule has 0 saturated carbocycles. The largest absolute Gasteiger partial charge is 0.497 e. The molecular weight excluding hydrogens is 462 g/mol. The van der Waals surface area contributed by atoms with Crippen molar-refractivity contribution < 1.29 is 23.2 Å². The van der Waals surface area contributed by atoms with Gasteiger partial charge in [-0.1, -0.05) is 23.4 Å². The number of nitrogens with zero attached hydrogens (tertiary/aromatic N) is 4. The summed E-state index contributed by atoms with van der Waals surface area (Å²) in [6.07, 6.45) is 1.88. The van der Waals surface area contributed by atoms with Crippen LogP contribution in [-0.2, 0) is 13.5 Å². The van der Waals surface area contributed by atoms with E-state index in [1.165, 1.54) is 4.68 Å². The Morgan fingerprint density at radius 2 is 1.92 bits per heavy atom. The van der Waals surface area contributed by atoms with Crippen LogP contribution >= 0.6 is 0 Å². The number of methoxy groups -OCH3 is 2. The first-order chi connectivity index (χ1) is 17.6. The van der Waals surface area contributed by atoms with E-state index in [1.54, 1.807) is 57.9 Å². The van der Waals surface area contributed by atoms with Crippen molar-refractivity contribution in [1.29, 1.82) is 0 Å². The molecule has 182 valence electrons. The van der Waals surface area contributed by atoms with Gasteiger partial charge in [0.15, 0.2) is 5.76 Å². The number of rotatable bonds is 8. The number of para-hydroxylation sites is 1. The summed E-state index contributed by atoms with van der Waals surface area (Å²) in [4.78, 5) is 17.6. The lowest BCUT2D eigenvalue weighted by atomic mass is 10.1. The zero-order valence-electron chi connectivity index (χ0n) is 19.9. The van der Waals surface area contributed by atoms with E-state index in [0.29, 0.717) is 52.5 Å². The molecule has 3 heterocycles. The first-order valence-corrected chi connectivity index (χ1v) is 11.1. The normalized spacial score (nSPS) is 10.9. The average molecular weight is 486 g/mol. The highest BCUT2D eigenvalue weighted by Gasteiger charge is 2.19. The maximum Gasteiger partial charge on any atom is 0.273 e. The van der Waals surface area contributed by atoms with E-state index < -0.39 is 0 Å². The van der Waals surface area contributed by atoms with E-state index in [1.807, 2.05) is 30.3 Å². The zero-order valence-corrected chi connectivity index (χ0v) is 19.9. The van der Waals surface area contributed by atoms with Crippen molar-refractivity contribution in [3.63, 3.8) is 0 Å². The molecule has 0 atom stereocenters. The number of benzene rings is 2. The monoisotopic (exact) mass is 485 g/mol. The Hall–Kier alpha value is -4.86. The van der Waals surface area contributed by atoms with Gasteiger partial charge in [-0.15, -0.1) is 0 Å². The molecule has 0 aliphatic rings. The molecule has 0 aliphatic carbocycles. The van der Waals surface area contributed by atoms with E-state index in [-0.39, 0.29) is 5.91 Å². The standard InChI is InChI=1S/C26H23N5O5/c1-31-21(15-20(29-31)18-14-17(33-2)10-11-22(18)34-3)26(32)27-19-8-5-4-7-16(19)13-24-28-25(30-36-24)23-9-6-12-35-23/h4-12,14-15H,13H2,1-3H3,(H,27,32). The smallest absolute Gasteiger partial charge is 0.273 e. The van der Waals surface area contributed by atoms with Gasteiger partial charge in [0.25, 0.3) is 5.91 Å². The van der Waals surface area contributed by atoms with Crippen LogP contribution in [0.2, 0.25) is 0 Å². The fraction of sp³-hybridized carbons (Fsp3) is 0.154. The summed E-state index contributed by atoms with van der Waals surface area (Å²) in [5.41, 5.74) is 3.13. The second kappa shape index (κ2) is 9.79. The number of aryl methyl sites for hydroxylation is 1. The third kappa shape index (κ3) is 4.56. The second-order valence-corrected chi connectivity index (χ2v) is 7.88. The van der Waals surface area contributed by atoms with E-state index in [4.69, 9.17) is 18.4 Å². The molecule has 0 unspecified atom stereocenters. The van der Waals surface area contributed by atoms with Crippen molar-refractivity contribution in [2.45, 2.75) is 6.42 Å². The van der Waals surface area contributed by atoms with Crippen LogP contribution in [0.5, 0.6) is 11.5 Å². The van der Waals surface area contributed by atoms with Crippen molar-refractivity contribution in [1.82, 2.24) is 19.9 Å². The van der Waals surface area contributed by atoms with E-state index in [0.717, 1.165) is 11.1 Å². The summed E-state index contributed by atoms with van der Waals surface area (Å²) in [6, 6.07) is 18.1. The Labute approximate surface area is 206 Å². The van der Waals surface area contributed by atoms with Gasteiger partial charge in [0, 0.05) is 18.3 Å². The fourth-order valence-corrected chi connectivity index (χ4v) is 3.80. The number of aromatic nitrogens is 4. The average Bonchev–Trinajstić information content (AvgIpc) is 3.66. The van der Waals surface area contributed by atoms with Gasteiger partial charge in [-0.05, 0) is 48.0 Å². The lowest BCUT2D eigenvalue weighted by Crippen LogP contribution is -2.17. The quantitative estimate of drug-likeness (QED) is 0.339. The number of nitrogens with one attached hydrogen (secondary N) is 1. The minimum absolute atomic E-state index is 0.313. The van der Waals surface area contributed by atoms with E-state index >= 15 is 0 Å². The molecule has 5 aromatic rings. The molecule has 0 bridgehead atoms. The number of furan rings is 1. The van der Waals surface area contributed by atoms with Gasteiger partial charge in [0.05, 0.1) is 32.6 Å². The van der Waals surface area contributed by atoms with Gasteiger partial charge in [0.1, 0.15) is 17.2 Å². The number of hydrogen-bond donors (Lipinski definition) is 1. The molecule has 0 aliphatic heterocycles. The summed E-state index contributed by atoms with van der Waals surface area (Å²) in [6.45, 7) is 0. The number of anilines is 1. The van der Waals surface area contributed by atoms with Gasteiger partial charge >= 0.3 is 0 Å². The van der Waals surface area contributed by atoms with Crippen molar-refractivity contribution >= 4 is 11.6 Å². The van der Waals surface area contributed by atoms with Gasteiger partial charge < -0.3 is 23.7 Å². The van der Waals surface area contributed by atoms with Crippen LogP contribution < -0.4 is 14.8 Å². The predicted molar refractivity (Wildman–Crippen MR) is 131 cm³/mol. The number of amides is 1. The molecular formula is C26H23N5O5. The van der Waals surface area contributed by atoms with Crippen molar-refractivity contribution in [3.8, 4) is 34.3 Å². The maximum atomic E-state index is 13.2. The molecule has 10 heteroatoms. The van der Waals surface area contributed by atoms with Crippen LogP contribution in [0.1, 0.15) is 21.9 Å². The summed E-state index contributed by atoms with van der Waals surface area (Å²) in [7, 11) is 4.89. The number of carbonyl (C=O) groups is 1. The molecule has 0 radical (unpaired) electrons. The van der Waals surface area contributed by atoms with Gasteiger partial charge in [0.2, 0.25) is 11.7 Å². The Morgan fingerprint density at radius 1 is 1.06 bits per heavy atom. The number of hydrogen-bond acceptors (Lipinski definition) is 8. The Balaban J connectivity index is 1.38. The highest BCUT2D eigenvalue weighted by atomic mass is 16.5. The first kappa shape index (κ1) is 22.9. The van der Waals surface area contributed by atoms with Crippen molar-refractivity contribution in [3.05, 3.63) is 84.1 Å². The number of ether oxygens (including phenoxy) is 2. The summed E-state index contributed by atoms with van der Waals surface area (Å²) >= 11 is 0. The molecule has 1 N–H and O–H groups in total. The zero-order chi connectivity index (χ0) is 25.1.